The number of hydrogen-bond donors (Lipinski definition) is 1. The summed E-state index contributed by atoms with van der Waals surface area (Å²) < 4.78 is 5.19. The van der Waals surface area contributed by atoms with E-state index in [1.807, 2.05) is 19.1 Å². The van der Waals surface area contributed by atoms with E-state index in [0.717, 1.165) is 17.0 Å². The molecule has 0 aliphatic carbocycles. The maximum atomic E-state index is 12.2. The van der Waals surface area contributed by atoms with E-state index in [2.05, 4.69) is 15.5 Å². The van der Waals surface area contributed by atoms with Crippen molar-refractivity contribution in [2.45, 2.75) is 25.9 Å². The highest BCUT2D eigenvalue weighted by atomic mass is 32.1. The zero-order valence-electron chi connectivity index (χ0n) is 11.3. The van der Waals surface area contributed by atoms with Crippen LogP contribution in [0.5, 0.6) is 0 Å². The maximum Gasteiger partial charge on any atom is 0.339 e. The number of hydrogen-bond acceptors (Lipinski definition) is 6. The molecule has 7 heteroatoms. The highest BCUT2D eigenvalue weighted by molar-refractivity contribution is 7.15. The lowest BCUT2D eigenvalue weighted by molar-refractivity contribution is -0.125. The van der Waals surface area contributed by atoms with Crippen LogP contribution in [-0.2, 0) is 22.4 Å². The van der Waals surface area contributed by atoms with Gasteiger partial charge >= 0.3 is 5.97 Å². The first-order valence-electron chi connectivity index (χ1n) is 6.59. The Balaban J connectivity index is 1.73. The van der Waals surface area contributed by atoms with Crippen molar-refractivity contribution in [2.24, 2.45) is 0 Å². The first-order chi connectivity index (χ1) is 10.2. The standard InChI is InChI=1S/C14H13N3O3S/c1-2-11-16-17-14(21-11)15-12(18)10-7-8-5-3-4-6-9(8)13(19)20-10/h3-6,10H,2,7H2,1H3,(H,15,17,18)/t10-/m0/s1. The number of cyclic esters (lactones) is 1. The summed E-state index contributed by atoms with van der Waals surface area (Å²) in [6, 6.07) is 7.14. The van der Waals surface area contributed by atoms with Gasteiger partial charge in [-0.25, -0.2) is 4.79 Å². The van der Waals surface area contributed by atoms with Crippen molar-refractivity contribution < 1.29 is 14.3 Å². The first-order valence-corrected chi connectivity index (χ1v) is 7.41. The summed E-state index contributed by atoms with van der Waals surface area (Å²) in [6.07, 6.45) is 0.299. The SMILES string of the molecule is CCc1nnc(NC(=O)[C@@H]2Cc3ccccc3C(=O)O2)s1. The molecular formula is C14H13N3O3S. The number of aryl methyl sites for hydroxylation is 1. The number of nitrogens with zero attached hydrogens (tertiary/aromatic N) is 2. The van der Waals surface area contributed by atoms with Gasteiger partial charge in [-0.3, -0.25) is 10.1 Å². The number of benzene rings is 1. The second-order valence-electron chi connectivity index (χ2n) is 4.60. The molecule has 0 saturated heterocycles. The van der Waals surface area contributed by atoms with Gasteiger partial charge in [0.05, 0.1) is 5.56 Å². The van der Waals surface area contributed by atoms with E-state index in [1.165, 1.54) is 11.3 Å². The fourth-order valence-corrected chi connectivity index (χ4v) is 2.79. The molecule has 0 unspecified atom stereocenters. The molecule has 1 aromatic heterocycles. The van der Waals surface area contributed by atoms with Crippen molar-refractivity contribution >= 4 is 28.3 Å². The van der Waals surface area contributed by atoms with Crippen LogP contribution in [0.2, 0.25) is 0 Å². The molecule has 1 N–H and O–H groups in total. The largest absolute Gasteiger partial charge is 0.448 e. The van der Waals surface area contributed by atoms with Gasteiger partial charge in [-0.05, 0) is 18.1 Å². The quantitative estimate of drug-likeness (QED) is 0.875. The predicted molar refractivity (Wildman–Crippen MR) is 77.3 cm³/mol. The number of ether oxygens (including phenoxy) is 1. The van der Waals surface area contributed by atoms with Crippen LogP contribution >= 0.6 is 11.3 Å². The van der Waals surface area contributed by atoms with E-state index in [4.69, 9.17) is 4.74 Å². The van der Waals surface area contributed by atoms with E-state index < -0.39 is 12.1 Å². The fourth-order valence-electron chi connectivity index (χ4n) is 2.11. The molecule has 1 aromatic carbocycles. The Morgan fingerprint density at radius 3 is 3.00 bits per heavy atom. The first kappa shape index (κ1) is 13.7. The van der Waals surface area contributed by atoms with Gasteiger partial charge in [0.1, 0.15) is 5.01 Å². The van der Waals surface area contributed by atoms with Crippen molar-refractivity contribution in [2.75, 3.05) is 5.32 Å². The number of fused-ring (bicyclic) bond motifs is 1. The lowest BCUT2D eigenvalue weighted by Gasteiger charge is -2.23. The third-order valence-electron chi connectivity index (χ3n) is 3.18. The number of rotatable bonds is 3. The average molecular weight is 303 g/mol. The number of esters is 1. The van der Waals surface area contributed by atoms with Gasteiger partial charge in [-0.15, -0.1) is 10.2 Å². The highest BCUT2D eigenvalue weighted by Gasteiger charge is 2.31. The average Bonchev–Trinajstić information content (AvgIpc) is 2.95. The molecule has 21 heavy (non-hydrogen) atoms. The van der Waals surface area contributed by atoms with Gasteiger partial charge in [0.25, 0.3) is 5.91 Å². The van der Waals surface area contributed by atoms with E-state index >= 15 is 0 Å². The third kappa shape index (κ3) is 2.78. The number of carbonyl (C=O) groups is 2. The molecule has 1 aliphatic heterocycles. The van der Waals surface area contributed by atoms with Crippen LogP contribution in [0.4, 0.5) is 5.13 Å². The lowest BCUT2D eigenvalue weighted by atomic mass is 9.98. The van der Waals surface area contributed by atoms with Crippen LogP contribution in [-0.4, -0.2) is 28.2 Å². The number of amides is 1. The molecule has 1 atom stereocenters. The zero-order chi connectivity index (χ0) is 14.8. The minimum absolute atomic E-state index is 0.368. The molecule has 2 aromatic rings. The summed E-state index contributed by atoms with van der Waals surface area (Å²) in [5, 5.41) is 11.7. The summed E-state index contributed by atoms with van der Waals surface area (Å²) in [7, 11) is 0. The molecule has 6 nitrogen and oxygen atoms in total. The van der Waals surface area contributed by atoms with Crippen LogP contribution in [0.1, 0.15) is 27.9 Å². The number of carbonyl (C=O) groups excluding carboxylic acids is 2. The summed E-state index contributed by atoms with van der Waals surface area (Å²) >= 11 is 1.32. The Hall–Kier alpha value is -2.28. The van der Waals surface area contributed by atoms with Crippen molar-refractivity contribution in [1.82, 2.24) is 10.2 Å². The molecule has 108 valence electrons. The maximum absolute atomic E-state index is 12.2. The minimum atomic E-state index is -0.832. The minimum Gasteiger partial charge on any atom is -0.448 e. The van der Waals surface area contributed by atoms with Crippen LogP contribution in [0.3, 0.4) is 0 Å². The van der Waals surface area contributed by atoms with E-state index in [9.17, 15) is 9.59 Å². The molecule has 1 aliphatic rings. The molecule has 0 bridgehead atoms. The van der Waals surface area contributed by atoms with Gasteiger partial charge in [0, 0.05) is 6.42 Å². The molecule has 0 saturated carbocycles. The van der Waals surface area contributed by atoms with Gasteiger partial charge < -0.3 is 4.74 Å². The molecule has 2 heterocycles. The van der Waals surface area contributed by atoms with Gasteiger partial charge in [-0.2, -0.15) is 0 Å². The second-order valence-corrected chi connectivity index (χ2v) is 5.66. The highest BCUT2D eigenvalue weighted by Crippen LogP contribution is 2.22. The smallest absolute Gasteiger partial charge is 0.339 e. The summed E-state index contributed by atoms with van der Waals surface area (Å²) in [5.41, 5.74) is 1.34. The monoisotopic (exact) mass is 303 g/mol. The Bertz CT molecular complexity index is 698. The van der Waals surface area contributed by atoms with E-state index in [1.54, 1.807) is 12.1 Å². The van der Waals surface area contributed by atoms with Crippen molar-refractivity contribution in [3.05, 3.63) is 40.4 Å². The fraction of sp³-hybridized carbons (Fsp3) is 0.286. The van der Waals surface area contributed by atoms with E-state index in [-0.39, 0.29) is 5.91 Å². The number of anilines is 1. The van der Waals surface area contributed by atoms with Crippen molar-refractivity contribution in [3.63, 3.8) is 0 Å². The number of nitrogens with one attached hydrogen (secondary N) is 1. The van der Waals surface area contributed by atoms with Crippen LogP contribution < -0.4 is 5.32 Å². The van der Waals surface area contributed by atoms with Crippen molar-refractivity contribution in [3.8, 4) is 0 Å². The van der Waals surface area contributed by atoms with Gasteiger partial charge in [-0.1, -0.05) is 36.5 Å². The zero-order valence-corrected chi connectivity index (χ0v) is 12.1. The van der Waals surface area contributed by atoms with Gasteiger partial charge in [0.15, 0.2) is 6.10 Å². The number of aromatic nitrogens is 2. The van der Waals surface area contributed by atoms with E-state index in [0.29, 0.717) is 17.1 Å². The van der Waals surface area contributed by atoms with Crippen LogP contribution in [0, 0.1) is 0 Å². The van der Waals surface area contributed by atoms with Gasteiger partial charge in [0.2, 0.25) is 5.13 Å². The Kier molecular flexibility index (Phi) is 3.66. The Labute approximate surface area is 125 Å². The molecule has 3 rings (SSSR count). The van der Waals surface area contributed by atoms with Crippen molar-refractivity contribution in [1.29, 1.82) is 0 Å². The lowest BCUT2D eigenvalue weighted by Crippen LogP contribution is -2.37. The van der Waals surface area contributed by atoms with Crippen LogP contribution in [0.25, 0.3) is 0 Å². The Morgan fingerprint density at radius 1 is 1.43 bits per heavy atom. The summed E-state index contributed by atoms with van der Waals surface area (Å²) in [6.45, 7) is 1.96. The topological polar surface area (TPSA) is 81.2 Å². The normalized spacial score (nSPS) is 17.0. The molecule has 0 spiro atoms. The summed E-state index contributed by atoms with van der Waals surface area (Å²) in [5.74, 6) is -0.847. The molecular weight excluding hydrogens is 290 g/mol. The third-order valence-corrected chi connectivity index (χ3v) is 4.17. The summed E-state index contributed by atoms with van der Waals surface area (Å²) in [4.78, 5) is 24.0. The molecule has 1 amide bonds. The molecule has 0 fully saturated rings. The molecule has 0 radical (unpaired) electrons. The predicted octanol–water partition coefficient (Wildman–Crippen LogP) is 1.82. The van der Waals surface area contributed by atoms with Crippen LogP contribution in [0.15, 0.2) is 24.3 Å². The Morgan fingerprint density at radius 2 is 2.24 bits per heavy atom. The second kappa shape index (κ2) is 5.61.